The Morgan fingerprint density at radius 2 is 1.72 bits per heavy atom. The fraction of sp³-hybridized carbons (Fsp3) is 0.444. The van der Waals surface area contributed by atoms with Crippen LogP contribution < -0.4 is 11.1 Å². The second kappa shape index (κ2) is 13.4. The number of carbonyl (C=O) groups is 1. The van der Waals surface area contributed by atoms with Gasteiger partial charge in [-0.1, -0.05) is 30.3 Å². The van der Waals surface area contributed by atoms with Crippen molar-refractivity contribution in [3.8, 4) is 6.07 Å². The van der Waals surface area contributed by atoms with E-state index in [0.717, 1.165) is 11.8 Å². The van der Waals surface area contributed by atoms with Crippen LogP contribution in [0.1, 0.15) is 11.3 Å². The first-order valence-corrected chi connectivity index (χ1v) is 11.4. The van der Waals surface area contributed by atoms with E-state index in [1.165, 1.54) is 14.2 Å². The van der Waals surface area contributed by atoms with Crippen molar-refractivity contribution >= 4 is 25.3 Å². The first-order chi connectivity index (χ1) is 13.9. The Labute approximate surface area is 175 Å². The van der Waals surface area contributed by atoms with Crippen molar-refractivity contribution < 1.29 is 27.9 Å². The zero-order chi connectivity index (χ0) is 21.7. The molecule has 0 heterocycles. The van der Waals surface area contributed by atoms with Crippen LogP contribution in [-0.4, -0.2) is 52.8 Å². The lowest BCUT2D eigenvalue weighted by Crippen LogP contribution is -2.26. The maximum atomic E-state index is 13.7. The van der Waals surface area contributed by atoms with Gasteiger partial charge in [-0.3, -0.25) is 9.36 Å². The molecule has 0 aliphatic rings. The maximum Gasteiger partial charge on any atom is 0.357 e. The number of hydrogen-bond donors (Lipinski definition) is 2. The van der Waals surface area contributed by atoms with Crippen LogP contribution in [0.15, 0.2) is 40.9 Å². The molecule has 0 aromatic heterocycles. The first-order valence-electron chi connectivity index (χ1n) is 8.59. The second-order valence-corrected chi connectivity index (χ2v) is 8.46. The minimum Gasteiger partial charge on any atom is -0.382 e. The first kappa shape index (κ1) is 25.2. The van der Waals surface area contributed by atoms with Gasteiger partial charge in [-0.05, 0) is 11.8 Å². The number of carbonyl (C=O) groups excluding carboxylic acids is 1. The molecule has 0 bridgehead atoms. The normalized spacial score (nSPS) is 13.3. The van der Waals surface area contributed by atoms with E-state index in [2.05, 4.69) is 5.32 Å². The van der Waals surface area contributed by atoms with Crippen molar-refractivity contribution in [3.05, 3.63) is 46.5 Å². The molecule has 160 valence electrons. The molecule has 3 N–H and O–H groups in total. The number of primary amides is 1. The largest absolute Gasteiger partial charge is 0.382 e. The van der Waals surface area contributed by atoms with E-state index in [1.54, 1.807) is 42.7 Å². The monoisotopic (exact) mass is 443 g/mol. The number of nitrogens with one attached hydrogen (secondary N) is 1. The predicted octanol–water partition coefficient (Wildman–Crippen LogP) is 2.38. The Kier molecular flexibility index (Phi) is 11.6. The van der Waals surface area contributed by atoms with Crippen LogP contribution in [0.3, 0.4) is 0 Å². The lowest BCUT2D eigenvalue weighted by atomic mass is 10.2. The number of methoxy groups -OCH3 is 2. The number of nitrogens with two attached hydrogens (primary N) is 1. The standard InChI is InChI=1S/C18H26N3O6PS/c1-24-9-11-26-28(23,27-12-10-25-2)17(14-7-5-4-6-8-14)21-18(29-3)15(13-19)16(20)22/h4-8,17,21H,9-12H2,1-3H3,(H2,20,22)/b18-15+. The highest BCUT2D eigenvalue weighted by atomic mass is 32.2. The molecular formula is C18H26N3O6PS. The summed E-state index contributed by atoms with van der Waals surface area (Å²) in [4.78, 5) is 11.6. The Bertz CT molecular complexity index is 755. The van der Waals surface area contributed by atoms with E-state index in [-0.39, 0.29) is 37.0 Å². The zero-order valence-electron chi connectivity index (χ0n) is 16.6. The van der Waals surface area contributed by atoms with Gasteiger partial charge in [0.1, 0.15) is 11.6 Å². The minimum absolute atomic E-state index is 0.0189. The summed E-state index contributed by atoms with van der Waals surface area (Å²) in [6.07, 6.45) is 1.66. The maximum absolute atomic E-state index is 13.7. The van der Waals surface area contributed by atoms with Crippen molar-refractivity contribution in [2.45, 2.75) is 5.78 Å². The summed E-state index contributed by atoms with van der Waals surface area (Å²) in [5, 5.41) is 12.4. The highest BCUT2D eigenvalue weighted by molar-refractivity contribution is 8.02. The van der Waals surface area contributed by atoms with Crippen LogP contribution in [0.2, 0.25) is 0 Å². The number of benzene rings is 1. The van der Waals surface area contributed by atoms with Crippen molar-refractivity contribution in [1.29, 1.82) is 5.26 Å². The molecule has 1 aromatic rings. The smallest absolute Gasteiger partial charge is 0.357 e. The van der Waals surface area contributed by atoms with Gasteiger partial charge in [0.2, 0.25) is 0 Å². The third-order valence-corrected chi connectivity index (χ3v) is 6.48. The molecule has 0 spiro atoms. The quantitative estimate of drug-likeness (QED) is 0.192. The van der Waals surface area contributed by atoms with Gasteiger partial charge in [-0.2, -0.15) is 5.26 Å². The Morgan fingerprint density at radius 1 is 1.17 bits per heavy atom. The van der Waals surface area contributed by atoms with E-state index >= 15 is 0 Å². The summed E-state index contributed by atoms with van der Waals surface area (Å²) < 4.78 is 34.9. The van der Waals surface area contributed by atoms with E-state index in [4.69, 9.17) is 24.3 Å². The fourth-order valence-corrected chi connectivity index (χ4v) is 4.77. The summed E-state index contributed by atoms with van der Waals surface area (Å²) in [6.45, 7) is 0.445. The van der Waals surface area contributed by atoms with Crippen molar-refractivity contribution in [2.75, 3.05) is 46.9 Å². The lowest BCUT2D eigenvalue weighted by Gasteiger charge is -2.29. The molecule has 1 unspecified atom stereocenters. The third-order valence-electron chi connectivity index (χ3n) is 3.61. The van der Waals surface area contributed by atoms with E-state index in [0.29, 0.717) is 5.56 Å². The summed E-state index contributed by atoms with van der Waals surface area (Å²) >= 11 is 1.09. The molecular weight excluding hydrogens is 417 g/mol. The van der Waals surface area contributed by atoms with Gasteiger partial charge in [0.05, 0.1) is 31.5 Å². The number of thioether (sulfide) groups is 1. The SMILES string of the molecule is COCCOP(=O)(OCCOC)C(N/C(SC)=C(/C#N)C(N)=O)c1ccccc1. The number of nitriles is 1. The molecule has 1 aromatic carbocycles. The molecule has 9 nitrogen and oxygen atoms in total. The summed E-state index contributed by atoms with van der Waals surface area (Å²) in [5.74, 6) is -1.89. The van der Waals surface area contributed by atoms with Gasteiger partial charge in [-0.15, -0.1) is 11.8 Å². The van der Waals surface area contributed by atoms with Gasteiger partial charge < -0.3 is 29.6 Å². The Hall–Kier alpha value is -1.86. The molecule has 0 fully saturated rings. The van der Waals surface area contributed by atoms with E-state index in [1.807, 2.05) is 0 Å². The van der Waals surface area contributed by atoms with Crippen LogP contribution in [-0.2, 0) is 27.9 Å². The highest BCUT2D eigenvalue weighted by Gasteiger charge is 2.38. The van der Waals surface area contributed by atoms with Crippen LogP contribution >= 0.6 is 19.4 Å². The van der Waals surface area contributed by atoms with Gasteiger partial charge >= 0.3 is 7.60 Å². The van der Waals surface area contributed by atoms with Crippen LogP contribution in [0, 0.1) is 11.3 Å². The van der Waals surface area contributed by atoms with Crippen LogP contribution in [0.4, 0.5) is 0 Å². The number of ether oxygens (including phenoxy) is 2. The molecule has 0 radical (unpaired) electrons. The van der Waals surface area contributed by atoms with Crippen molar-refractivity contribution in [2.24, 2.45) is 5.73 Å². The van der Waals surface area contributed by atoms with Crippen LogP contribution in [0.5, 0.6) is 0 Å². The zero-order valence-corrected chi connectivity index (χ0v) is 18.3. The van der Waals surface area contributed by atoms with Gasteiger partial charge in [0, 0.05) is 14.2 Å². The summed E-state index contributed by atoms with van der Waals surface area (Å²) in [7, 11) is -0.851. The molecule has 1 rings (SSSR count). The molecule has 0 aliphatic carbocycles. The molecule has 1 amide bonds. The minimum atomic E-state index is -3.84. The highest BCUT2D eigenvalue weighted by Crippen LogP contribution is 2.60. The Morgan fingerprint density at radius 3 is 2.14 bits per heavy atom. The molecule has 0 saturated heterocycles. The van der Waals surface area contributed by atoms with Crippen LogP contribution in [0.25, 0.3) is 0 Å². The molecule has 11 heteroatoms. The van der Waals surface area contributed by atoms with E-state index < -0.39 is 19.3 Å². The average molecular weight is 443 g/mol. The number of nitrogens with zero attached hydrogens (tertiary/aromatic N) is 1. The average Bonchev–Trinajstić information content (AvgIpc) is 2.71. The molecule has 1 atom stereocenters. The number of rotatable bonds is 14. The third kappa shape index (κ3) is 7.82. The second-order valence-electron chi connectivity index (χ2n) is 5.53. The van der Waals surface area contributed by atoms with E-state index in [9.17, 15) is 14.6 Å². The molecule has 0 saturated carbocycles. The van der Waals surface area contributed by atoms with Gasteiger partial charge in [-0.25, -0.2) is 0 Å². The predicted molar refractivity (Wildman–Crippen MR) is 111 cm³/mol. The van der Waals surface area contributed by atoms with Crippen molar-refractivity contribution in [1.82, 2.24) is 5.32 Å². The summed E-state index contributed by atoms with van der Waals surface area (Å²) in [6, 6.07) is 10.6. The topological polar surface area (TPSA) is 133 Å². The Balaban J connectivity index is 3.41. The van der Waals surface area contributed by atoms with Gasteiger partial charge in [0.15, 0.2) is 5.78 Å². The summed E-state index contributed by atoms with van der Waals surface area (Å²) in [5.41, 5.74) is 5.61. The van der Waals surface area contributed by atoms with Crippen molar-refractivity contribution in [3.63, 3.8) is 0 Å². The molecule has 29 heavy (non-hydrogen) atoms. The molecule has 0 aliphatic heterocycles. The van der Waals surface area contributed by atoms with Gasteiger partial charge in [0.25, 0.3) is 5.91 Å². The number of hydrogen-bond acceptors (Lipinski definition) is 9. The fourth-order valence-electron chi connectivity index (χ4n) is 2.24. The lowest BCUT2D eigenvalue weighted by molar-refractivity contribution is -0.114. The number of amides is 1.